The number of para-hydroxylation sites is 1. The number of carbonyl (C=O) groups excluding carboxylic acids is 1. The Labute approximate surface area is 159 Å². The number of aliphatic hydroxyl groups is 2. The van der Waals surface area contributed by atoms with Crippen molar-refractivity contribution >= 4 is 16.8 Å². The smallest absolute Gasteiger partial charge is 0.222 e. The van der Waals surface area contributed by atoms with Gasteiger partial charge in [0, 0.05) is 43.0 Å². The van der Waals surface area contributed by atoms with Gasteiger partial charge in [-0.3, -0.25) is 4.79 Å². The van der Waals surface area contributed by atoms with Gasteiger partial charge in [-0.2, -0.15) is 0 Å². The average molecular weight is 372 g/mol. The summed E-state index contributed by atoms with van der Waals surface area (Å²) >= 11 is 0. The molecule has 146 valence electrons. The minimum absolute atomic E-state index is 0.132. The van der Waals surface area contributed by atoms with E-state index in [0.717, 1.165) is 11.1 Å². The number of benzene rings is 1. The van der Waals surface area contributed by atoms with Crippen LogP contribution in [-0.2, 0) is 16.0 Å². The van der Waals surface area contributed by atoms with E-state index in [0.29, 0.717) is 51.8 Å². The van der Waals surface area contributed by atoms with E-state index in [-0.39, 0.29) is 5.91 Å². The van der Waals surface area contributed by atoms with Gasteiger partial charge in [0.2, 0.25) is 5.91 Å². The van der Waals surface area contributed by atoms with E-state index in [1.54, 1.807) is 6.92 Å². The molecule has 0 unspecified atom stereocenters. The fourth-order valence-electron chi connectivity index (χ4n) is 4.53. The molecule has 0 bridgehead atoms. The molecule has 1 aromatic carbocycles. The van der Waals surface area contributed by atoms with Gasteiger partial charge in [-0.05, 0) is 37.8 Å². The second kappa shape index (κ2) is 6.93. The fraction of sp³-hybridized carbons (Fsp3) is 0.571. The minimum Gasteiger partial charge on any atom is -0.387 e. The number of amides is 1. The highest BCUT2D eigenvalue weighted by Gasteiger charge is 2.52. The van der Waals surface area contributed by atoms with Crippen LogP contribution in [0.25, 0.3) is 10.9 Å². The summed E-state index contributed by atoms with van der Waals surface area (Å²) in [6.45, 7) is 3.22. The third-order valence-corrected chi connectivity index (χ3v) is 6.33. The molecule has 2 fully saturated rings. The molecule has 2 atom stereocenters. The van der Waals surface area contributed by atoms with Crippen LogP contribution in [0.15, 0.2) is 30.5 Å². The molecule has 2 aliphatic heterocycles. The summed E-state index contributed by atoms with van der Waals surface area (Å²) < 4.78 is 5.90. The maximum Gasteiger partial charge on any atom is 0.222 e. The number of piperidine rings is 1. The van der Waals surface area contributed by atoms with E-state index in [9.17, 15) is 15.0 Å². The minimum atomic E-state index is -1.13. The van der Waals surface area contributed by atoms with Gasteiger partial charge in [0.1, 0.15) is 11.7 Å². The van der Waals surface area contributed by atoms with Gasteiger partial charge < -0.3 is 24.8 Å². The van der Waals surface area contributed by atoms with E-state index in [2.05, 4.69) is 11.1 Å². The zero-order chi connectivity index (χ0) is 19.1. The number of aromatic amines is 1. The molecule has 6 nitrogen and oxygen atoms in total. The van der Waals surface area contributed by atoms with Crippen LogP contribution in [0.4, 0.5) is 0 Å². The standard InChI is InChI=1S/C21H28N2O4/c1-20(26)10-13-27-21(19(20)25)8-11-23(12-9-21)18(24)7-6-15-14-22-17-5-3-2-4-16(15)17/h2-5,14,19,22,25-26H,6-13H2,1H3/t19-,20+/m0/s1. The SMILES string of the molecule is C[C@@]1(O)CCOC2(CCN(C(=O)CCc3c[nH]c4ccccc34)CC2)[C@H]1O. The maximum absolute atomic E-state index is 12.7. The van der Waals surface area contributed by atoms with Crippen molar-refractivity contribution in [1.29, 1.82) is 0 Å². The number of H-pyrrole nitrogens is 1. The third-order valence-electron chi connectivity index (χ3n) is 6.33. The van der Waals surface area contributed by atoms with Gasteiger partial charge in [0.25, 0.3) is 0 Å². The highest BCUT2D eigenvalue weighted by Crippen LogP contribution is 2.39. The number of fused-ring (bicyclic) bond motifs is 1. The van der Waals surface area contributed by atoms with Crippen molar-refractivity contribution in [2.45, 2.75) is 56.3 Å². The van der Waals surface area contributed by atoms with Crippen molar-refractivity contribution in [3.05, 3.63) is 36.0 Å². The molecule has 2 aromatic rings. The highest BCUT2D eigenvalue weighted by atomic mass is 16.5. The molecule has 1 aromatic heterocycles. The number of aliphatic hydroxyl groups excluding tert-OH is 1. The number of likely N-dealkylation sites (tertiary alicyclic amines) is 1. The Morgan fingerprint density at radius 2 is 2.04 bits per heavy atom. The lowest BCUT2D eigenvalue weighted by Crippen LogP contribution is -2.64. The number of aryl methyl sites for hydroxylation is 1. The summed E-state index contributed by atoms with van der Waals surface area (Å²) in [6, 6.07) is 8.12. The lowest BCUT2D eigenvalue weighted by Gasteiger charge is -2.51. The third kappa shape index (κ3) is 3.37. The number of hydrogen-bond donors (Lipinski definition) is 3. The summed E-state index contributed by atoms with van der Waals surface area (Å²) in [6.07, 6.45) is 3.79. The zero-order valence-electron chi connectivity index (χ0n) is 15.8. The Bertz CT molecular complexity index is 820. The molecule has 3 heterocycles. The monoisotopic (exact) mass is 372 g/mol. The van der Waals surface area contributed by atoms with E-state index in [1.807, 2.05) is 29.3 Å². The van der Waals surface area contributed by atoms with Crippen molar-refractivity contribution in [2.24, 2.45) is 0 Å². The van der Waals surface area contributed by atoms with Crippen LogP contribution in [-0.4, -0.2) is 63.0 Å². The summed E-state index contributed by atoms with van der Waals surface area (Å²) in [5.41, 5.74) is 0.402. The summed E-state index contributed by atoms with van der Waals surface area (Å²) in [5.74, 6) is 0.132. The van der Waals surface area contributed by atoms with Crippen molar-refractivity contribution in [1.82, 2.24) is 9.88 Å². The van der Waals surface area contributed by atoms with Gasteiger partial charge in [-0.1, -0.05) is 18.2 Å². The average Bonchev–Trinajstić information content (AvgIpc) is 3.08. The first kappa shape index (κ1) is 18.5. The predicted molar refractivity (Wildman–Crippen MR) is 102 cm³/mol. The summed E-state index contributed by atoms with van der Waals surface area (Å²) in [4.78, 5) is 17.8. The van der Waals surface area contributed by atoms with Crippen molar-refractivity contribution in [3.63, 3.8) is 0 Å². The van der Waals surface area contributed by atoms with Crippen molar-refractivity contribution in [2.75, 3.05) is 19.7 Å². The van der Waals surface area contributed by atoms with Gasteiger partial charge >= 0.3 is 0 Å². The van der Waals surface area contributed by atoms with Gasteiger partial charge in [-0.15, -0.1) is 0 Å². The zero-order valence-corrected chi connectivity index (χ0v) is 15.8. The lowest BCUT2D eigenvalue weighted by molar-refractivity contribution is -0.245. The molecule has 0 saturated carbocycles. The highest BCUT2D eigenvalue weighted by molar-refractivity contribution is 5.84. The second-order valence-corrected chi connectivity index (χ2v) is 8.16. The van der Waals surface area contributed by atoms with Gasteiger partial charge in [0.15, 0.2) is 0 Å². The molecule has 6 heteroatoms. The van der Waals surface area contributed by atoms with E-state index in [4.69, 9.17) is 4.74 Å². The Kier molecular flexibility index (Phi) is 4.74. The topological polar surface area (TPSA) is 85.8 Å². The molecule has 4 rings (SSSR count). The molecule has 2 saturated heterocycles. The second-order valence-electron chi connectivity index (χ2n) is 8.16. The molecule has 0 radical (unpaired) electrons. The van der Waals surface area contributed by atoms with E-state index < -0.39 is 17.3 Å². The van der Waals surface area contributed by atoms with Gasteiger partial charge in [-0.25, -0.2) is 0 Å². The van der Waals surface area contributed by atoms with Crippen LogP contribution in [0.1, 0.15) is 38.2 Å². The van der Waals surface area contributed by atoms with Crippen LogP contribution in [0, 0.1) is 0 Å². The first-order chi connectivity index (χ1) is 12.9. The van der Waals surface area contributed by atoms with Crippen LogP contribution >= 0.6 is 0 Å². The largest absolute Gasteiger partial charge is 0.387 e. The molecular weight excluding hydrogens is 344 g/mol. The number of nitrogens with one attached hydrogen (secondary N) is 1. The number of ether oxygens (including phenoxy) is 1. The van der Waals surface area contributed by atoms with Gasteiger partial charge in [0.05, 0.1) is 12.2 Å². The number of aromatic nitrogens is 1. The summed E-state index contributed by atoms with van der Waals surface area (Å²) in [5, 5.41) is 22.2. The van der Waals surface area contributed by atoms with Crippen LogP contribution in [0.2, 0.25) is 0 Å². The number of hydrogen-bond acceptors (Lipinski definition) is 4. The van der Waals surface area contributed by atoms with Crippen LogP contribution < -0.4 is 0 Å². The number of rotatable bonds is 3. The molecular formula is C21H28N2O4. The molecule has 3 N–H and O–H groups in total. The quantitative estimate of drug-likeness (QED) is 0.769. The maximum atomic E-state index is 12.7. The normalized spacial score (nSPS) is 28.0. The van der Waals surface area contributed by atoms with Crippen LogP contribution in [0.5, 0.6) is 0 Å². The Morgan fingerprint density at radius 1 is 1.30 bits per heavy atom. The predicted octanol–water partition coefficient (Wildman–Crippen LogP) is 1.99. The lowest BCUT2D eigenvalue weighted by atomic mass is 9.75. The molecule has 1 spiro atoms. The Hall–Kier alpha value is -1.89. The first-order valence-electron chi connectivity index (χ1n) is 9.78. The van der Waals surface area contributed by atoms with E-state index >= 15 is 0 Å². The molecule has 27 heavy (non-hydrogen) atoms. The Morgan fingerprint density at radius 3 is 2.81 bits per heavy atom. The first-order valence-corrected chi connectivity index (χ1v) is 9.78. The summed E-state index contributed by atoms with van der Waals surface area (Å²) in [7, 11) is 0. The fourth-order valence-corrected chi connectivity index (χ4v) is 4.53. The van der Waals surface area contributed by atoms with Crippen molar-refractivity contribution in [3.8, 4) is 0 Å². The number of carbonyl (C=O) groups is 1. The van der Waals surface area contributed by atoms with Crippen molar-refractivity contribution < 1.29 is 19.7 Å². The Balaban J connectivity index is 1.35. The molecule has 2 aliphatic rings. The van der Waals surface area contributed by atoms with E-state index in [1.165, 1.54) is 5.39 Å². The van der Waals surface area contributed by atoms with Crippen LogP contribution in [0.3, 0.4) is 0 Å². The number of nitrogens with zero attached hydrogens (tertiary/aromatic N) is 1. The molecule has 1 amide bonds. The molecule has 0 aliphatic carbocycles.